The Labute approximate surface area is 192 Å². The zero-order valence-electron chi connectivity index (χ0n) is 16.2. The van der Waals surface area contributed by atoms with Gasteiger partial charge in [0, 0.05) is 0 Å². The monoisotopic (exact) mass is 498 g/mol. The number of hydrogen-bond acceptors (Lipinski definition) is 4. The highest BCUT2D eigenvalue weighted by atomic mass is 79.9. The number of rotatable bonds is 6. The number of benzene rings is 2. The number of para-hydroxylation sites is 1. The van der Waals surface area contributed by atoms with Crippen molar-refractivity contribution in [1.82, 2.24) is 5.32 Å². The molecular formula is C23H16BrFN2O3S. The number of ether oxygens (including phenoxy) is 1. The highest BCUT2D eigenvalue weighted by Crippen LogP contribution is 2.33. The Bertz CT molecular complexity index is 1170. The highest BCUT2D eigenvalue weighted by Gasteiger charge is 2.35. The summed E-state index contributed by atoms with van der Waals surface area (Å²) in [6.45, 7) is 3.82. The second-order valence-corrected chi connectivity index (χ2v) is 7.63. The number of halogens is 2. The molecule has 0 aromatic heterocycles. The lowest BCUT2D eigenvalue weighted by atomic mass is 10.0. The number of amides is 2. The molecule has 156 valence electrons. The van der Waals surface area contributed by atoms with Gasteiger partial charge in [0.15, 0.2) is 5.11 Å². The Morgan fingerprint density at radius 2 is 2.06 bits per heavy atom. The molecule has 31 heavy (non-hydrogen) atoms. The maximum atomic E-state index is 14.3. The van der Waals surface area contributed by atoms with E-state index in [0.29, 0.717) is 22.2 Å². The second kappa shape index (κ2) is 9.69. The lowest BCUT2D eigenvalue weighted by Gasteiger charge is -2.29. The van der Waals surface area contributed by atoms with Crippen molar-refractivity contribution in [3.63, 3.8) is 0 Å². The Balaban J connectivity index is 2.05. The summed E-state index contributed by atoms with van der Waals surface area (Å²) in [5.41, 5.74) is 1.08. The van der Waals surface area contributed by atoms with Gasteiger partial charge < -0.3 is 4.74 Å². The number of nitrogens with zero attached hydrogens (tertiary/aromatic N) is 1. The van der Waals surface area contributed by atoms with Crippen LogP contribution in [0.4, 0.5) is 10.1 Å². The molecular weight excluding hydrogens is 483 g/mol. The van der Waals surface area contributed by atoms with Crippen LogP contribution in [0.15, 0.2) is 59.1 Å². The van der Waals surface area contributed by atoms with Gasteiger partial charge in [-0.05, 0) is 76.0 Å². The first-order valence-electron chi connectivity index (χ1n) is 9.03. The summed E-state index contributed by atoms with van der Waals surface area (Å²) in [4.78, 5) is 26.5. The Kier molecular flexibility index (Phi) is 7.00. The molecule has 0 atom stereocenters. The number of carbonyl (C=O) groups is 2. The molecule has 1 aliphatic heterocycles. The minimum absolute atomic E-state index is 0.0463. The summed E-state index contributed by atoms with van der Waals surface area (Å²) in [6.07, 6.45) is 8.85. The molecule has 3 rings (SSSR count). The van der Waals surface area contributed by atoms with Gasteiger partial charge in [-0.1, -0.05) is 24.1 Å². The lowest BCUT2D eigenvalue weighted by molar-refractivity contribution is -0.122. The van der Waals surface area contributed by atoms with Gasteiger partial charge >= 0.3 is 0 Å². The molecule has 8 heteroatoms. The van der Waals surface area contributed by atoms with Gasteiger partial charge in [0.25, 0.3) is 11.8 Å². The minimum atomic E-state index is -0.729. The molecule has 0 radical (unpaired) electrons. The third-order valence-electron chi connectivity index (χ3n) is 4.31. The van der Waals surface area contributed by atoms with E-state index in [1.807, 2.05) is 0 Å². The van der Waals surface area contributed by atoms with E-state index in [2.05, 4.69) is 33.7 Å². The first kappa shape index (κ1) is 22.4. The first-order valence-corrected chi connectivity index (χ1v) is 10.2. The molecule has 0 aliphatic carbocycles. The molecule has 1 fully saturated rings. The predicted octanol–water partition coefficient (Wildman–Crippen LogP) is 4.16. The van der Waals surface area contributed by atoms with Crippen molar-refractivity contribution in [3.8, 4) is 18.1 Å². The highest BCUT2D eigenvalue weighted by molar-refractivity contribution is 9.10. The summed E-state index contributed by atoms with van der Waals surface area (Å²) < 4.78 is 20.5. The van der Waals surface area contributed by atoms with E-state index < -0.39 is 17.6 Å². The molecule has 0 saturated carbocycles. The molecule has 2 amide bonds. The van der Waals surface area contributed by atoms with Gasteiger partial charge in [-0.3, -0.25) is 14.9 Å². The second-order valence-electron chi connectivity index (χ2n) is 6.39. The Morgan fingerprint density at radius 1 is 1.32 bits per heavy atom. The fourth-order valence-corrected chi connectivity index (χ4v) is 3.92. The van der Waals surface area contributed by atoms with Gasteiger partial charge in [-0.2, -0.15) is 0 Å². The Morgan fingerprint density at radius 3 is 2.74 bits per heavy atom. The summed E-state index contributed by atoms with van der Waals surface area (Å²) in [5.74, 6) is 0.919. The van der Waals surface area contributed by atoms with Crippen LogP contribution in [0.3, 0.4) is 0 Å². The van der Waals surface area contributed by atoms with E-state index in [4.69, 9.17) is 23.4 Å². The molecule has 0 unspecified atom stereocenters. The van der Waals surface area contributed by atoms with Crippen LogP contribution in [0.2, 0.25) is 0 Å². The van der Waals surface area contributed by atoms with Crippen LogP contribution in [0.25, 0.3) is 6.08 Å². The van der Waals surface area contributed by atoms with Crippen LogP contribution >= 0.6 is 28.1 Å². The standard InChI is InChI=1S/C23H16BrFN2O3S/c1-3-7-15-11-14(13-17(24)20(15)30-10-4-2)12-16-21(28)26-23(31)27(22(16)29)19-9-6-5-8-18(19)25/h2-3,5-6,8-9,11-13H,1,7,10H2,(H,26,28,31)/b16-12+. The summed E-state index contributed by atoms with van der Waals surface area (Å²) in [6, 6.07) is 9.12. The van der Waals surface area contributed by atoms with Gasteiger partial charge in [-0.15, -0.1) is 13.0 Å². The molecule has 0 spiro atoms. The number of terminal acetylenes is 1. The molecule has 1 saturated heterocycles. The van der Waals surface area contributed by atoms with Crippen molar-refractivity contribution < 1.29 is 18.7 Å². The van der Waals surface area contributed by atoms with Crippen LogP contribution in [-0.2, 0) is 16.0 Å². The molecule has 2 aromatic carbocycles. The number of carbonyl (C=O) groups excluding carboxylic acids is 2. The molecule has 5 nitrogen and oxygen atoms in total. The van der Waals surface area contributed by atoms with Gasteiger partial charge in [0.1, 0.15) is 23.7 Å². The van der Waals surface area contributed by atoms with Crippen molar-refractivity contribution in [2.75, 3.05) is 11.5 Å². The van der Waals surface area contributed by atoms with Crippen LogP contribution in [-0.4, -0.2) is 23.5 Å². The third-order valence-corrected chi connectivity index (χ3v) is 5.19. The molecule has 0 bridgehead atoms. The normalized spacial score (nSPS) is 14.9. The maximum Gasteiger partial charge on any atom is 0.270 e. The van der Waals surface area contributed by atoms with Crippen molar-refractivity contribution in [2.45, 2.75) is 6.42 Å². The quantitative estimate of drug-likeness (QED) is 0.213. The average molecular weight is 499 g/mol. The SMILES string of the molecule is C#CCOc1c(Br)cc(/C=C2\C(=O)NC(=S)N(c3ccccc3F)C2=O)cc1CC=C. The van der Waals surface area contributed by atoms with Crippen LogP contribution in [0, 0.1) is 18.2 Å². The summed E-state index contributed by atoms with van der Waals surface area (Å²) in [5, 5.41) is 2.25. The van der Waals surface area contributed by atoms with E-state index in [0.717, 1.165) is 10.5 Å². The average Bonchev–Trinajstić information content (AvgIpc) is 2.72. The summed E-state index contributed by atoms with van der Waals surface area (Å²) >= 11 is 8.54. The fraction of sp³-hybridized carbons (Fsp3) is 0.0870. The van der Waals surface area contributed by atoms with Crippen LogP contribution in [0.5, 0.6) is 5.75 Å². The predicted molar refractivity (Wildman–Crippen MR) is 125 cm³/mol. The third kappa shape index (κ3) is 4.74. The van der Waals surface area contributed by atoms with Crippen LogP contribution < -0.4 is 15.0 Å². The summed E-state index contributed by atoms with van der Waals surface area (Å²) in [7, 11) is 0. The van der Waals surface area contributed by atoms with Gasteiger partial charge in [0.05, 0.1) is 10.2 Å². The van der Waals surface area contributed by atoms with E-state index in [-0.39, 0.29) is 23.0 Å². The van der Waals surface area contributed by atoms with Crippen molar-refractivity contribution >= 4 is 56.8 Å². The van der Waals surface area contributed by atoms with Gasteiger partial charge in [0.2, 0.25) is 0 Å². The van der Waals surface area contributed by atoms with Crippen molar-refractivity contribution in [2.24, 2.45) is 0 Å². The zero-order valence-corrected chi connectivity index (χ0v) is 18.6. The number of hydrogen-bond donors (Lipinski definition) is 1. The molecule has 2 aromatic rings. The maximum absolute atomic E-state index is 14.3. The van der Waals surface area contributed by atoms with Crippen LogP contribution in [0.1, 0.15) is 11.1 Å². The number of anilines is 1. The Hall–Kier alpha value is -3.28. The number of allylic oxidation sites excluding steroid dienone is 1. The number of thiocarbonyl (C=S) groups is 1. The largest absolute Gasteiger partial charge is 0.479 e. The zero-order chi connectivity index (χ0) is 22.5. The van der Waals surface area contributed by atoms with E-state index in [9.17, 15) is 14.0 Å². The molecule has 1 heterocycles. The smallest absolute Gasteiger partial charge is 0.270 e. The van der Waals surface area contributed by atoms with E-state index in [1.54, 1.807) is 24.3 Å². The molecule has 1 aliphatic rings. The first-order chi connectivity index (χ1) is 14.9. The number of nitrogens with one attached hydrogen (secondary N) is 1. The van der Waals surface area contributed by atoms with Crippen molar-refractivity contribution in [3.05, 3.63) is 76.0 Å². The van der Waals surface area contributed by atoms with Gasteiger partial charge in [-0.25, -0.2) is 9.29 Å². The molecule has 1 N–H and O–H groups in total. The van der Waals surface area contributed by atoms with Crippen molar-refractivity contribution in [1.29, 1.82) is 0 Å². The van der Waals surface area contributed by atoms with E-state index in [1.165, 1.54) is 24.3 Å². The lowest BCUT2D eigenvalue weighted by Crippen LogP contribution is -2.54. The fourth-order valence-electron chi connectivity index (χ4n) is 3.02. The topological polar surface area (TPSA) is 58.6 Å². The minimum Gasteiger partial charge on any atom is -0.479 e. The van der Waals surface area contributed by atoms with E-state index >= 15 is 0 Å².